The van der Waals surface area contributed by atoms with E-state index in [9.17, 15) is 29.4 Å². The van der Waals surface area contributed by atoms with E-state index in [-0.39, 0.29) is 31.4 Å². The van der Waals surface area contributed by atoms with Gasteiger partial charge in [0.25, 0.3) is 11.8 Å². The van der Waals surface area contributed by atoms with E-state index in [0.717, 1.165) is 4.90 Å². The quantitative estimate of drug-likeness (QED) is 0.144. The van der Waals surface area contributed by atoms with Crippen LogP contribution in [0.5, 0.6) is 11.5 Å². The van der Waals surface area contributed by atoms with Crippen molar-refractivity contribution in [3.8, 4) is 11.5 Å². The van der Waals surface area contributed by atoms with Crippen molar-refractivity contribution in [3.63, 3.8) is 0 Å². The molecule has 12 heteroatoms. The Bertz CT molecular complexity index is 1170. The number of aliphatic carboxylic acids is 1. The molecule has 12 nitrogen and oxygen atoms in total. The van der Waals surface area contributed by atoms with E-state index in [4.69, 9.17) is 4.74 Å². The van der Waals surface area contributed by atoms with Crippen LogP contribution in [0.25, 0.3) is 0 Å². The topological polar surface area (TPSA) is 158 Å². The van der Waals surface area contributed by atoms with Crippen molar-refractivity contribution in [1.82, 2.24) is 15.6 Å². The molecule has 0 radical (unpaired) electrons. The third-order valence-electron chi connectivity index (χ3n) is 5.32. The summed E-state index contributed by atoms with van der Waals surface area (Å²) >= 11 is 0. The first-order valence-corrected chi connectivity index (χ1v) is 11.4. The highest BCUT2D eigenvalue weighted by atomic mass is 16.5. The van der Waals surface area contributed by atoms with Gasteiger partial charge in [0.1, 0.15) is 17.5 Å². The zero-order chi connectivity index (χ0) is 27.2. The molecule has 2 aromatic carbocycles. The molecule has 2 aromatic rings. The predicted molar refractivity (Wildman–Crippen MR) is 133 cm³/mol. The van der Waals surface area contributed by atoms with Crippen molar-refractivity contribution in [1.29, 1.82) is 0 Å². The van der Waals surface area contributed by atoms with Gasteiger partial charge in [-0.2, -0.15) is 5.10 Å². The van der Waals surface area contributed by atoms with Crippen LogP contribution in [0.2, 0.25) is 0 Å². The number of quaternary nitrogens is 1. The molecule has 0 aliphatic carbocycles. The molecule has 2 unspecified atom stereocenters. The number of rotatable bonds is 11. The Hall–Kier alpha value is -4.45. The molecule has 0 saturated carbocycles. The second-order valence-corrected chi connectivity index (χ2v) is 9.54. The van der Waals surface area contributed by atoms with Crippen LogP contribution < -0.4 is 15.5 Å². The molecular formula is C25H30N5O7+. The number of benzene rings is 2. The fraction of sp³-hybridized carbons (Fsp3) is 0.320. The van der Waals surface area contributed by atoms with Gasteiger partial charge in [0, 0.05) is 0 Å². The Morgan fingerprint density at radius 1 is 1.11 bits per heavy atom. The van der Waals surface area contributed by atoms with Crippen molar-refractivity contribution in [2.24, 2.45) is 5.10 Å². The average molecular weight is 513 g/mol. The van der Waals surface area contributed by atoms with Gasteiger partial charge in [-0.05, 0) is 47.5 Å². The molecular weight excluding hydrogens is 482 g/mol. The highest BCUT2D eigenvalue weighted by molar-refractivity contribution is 5.95. The number of carboxylic acid groups (broad SMARTS) is 1. The number of likely N-dealkylation sites (N-methyl/N-ethyl adjacent to an activating group) is 1. The van der Waals surface area contributed by atoms with Crippen LogP contribution in [-0.2, 0) is 19.2 Å². The third kappa shape index (κ3) is 7.77. The number of likely N-dealkylation sites (tertiary alicyclic amines) is 1. The van der Waals surface area contributed by atoms with Crippen LogP contribution in [0.3, 0.4) is 0 Å². The Labute approximate surface area is 213 Å². The number of amides is 3. The molecule has 4 N–H and O–H groups in total. The maximum Gasteiger partial charge on any atom is 0.331 e. The fourth-order valence-electron chi connectivity index (χ4n) is 3.58. The molecule has 1 aliphatic rings. The molecule has 3 rings (SSSR count). The van der Waals surface area contributed by atoms with Crippen molar-refractivity contribution < 1.29 is 38.6 Å². The number of carbonyl (C=O) groups is 4. The number of phenols is 1. The van der Waals surface area contributed by atoms with Gasteiger partial charge < -0.3 is 29.6 Å². The number of carbonyl (C=O) groups excluding carboxylic acids is 3. The van der Waals surface area contributed by atoms with E-state index < -0.39 is 29.9 Å². The van der Waals surface area contributed by atoms with Gasteiger partial charge >= 0.3 is 5.97 Å². The third-order valence-corrected chi connectivity index (χ3v) is 5.32. The SMILES string of the molecule is C[N+](C)(C)CC(=O)N/N=C/c1ccc(OCC(=O)NC2CN(C(C(=O)O)c3ccc(O)cc3)C2=O)cc1. The molecule has 0 bridgehead atoms. The van der Waals surface area contributed by atoms with Crippen LogP contribution in [0.15, 0.2) is 53.6 Å². The number of ether oxygens (including phenoxy) is 1. The van der Waals surface area contributed by atoms with Gasteiger partial charge in [0.2, 0.25) is 5.91 Å². The summed E-state index contributed by atoms with van der Waals surface area (Å²) in [5.74, 6) is -2.07. The van der Waals surface area contributed by atoms with Gasteiger partial charge in [-0.3, -0.25) is 14.4 Å². The standard InChI is InChI=1S/C25H29N5O7/c1-30(2,3)14-21(32)28-26-12-16-4-10-19(11-5-16)37-15-22(33)27-20-13-29(24(20)34)23(25(35)36)17-6-8-18(31)9-7-17/h4-12,20,23H,13-15H2,1-3H3,(H3-,27,28,31,32,33,35,36)/p+1/b26-12+. The summed E-state index contributed by atoms with van der Waals surface area (Å²) in [5, 5.41) is 25.4. The Morgan fingerprint density at radius 2 is 1.76 bits per heavy atom. The van der Waals surface area contributed by atoms with E-state index in [2.05, 4.69) is 15.8 Å². The summed E-state index contributed by atoms with van der Waals surface area (Å²) in [5.41, 5.74) is 3.51. The molecule has 1 saturated heterocycles. The molecule has 1 aliphatic heterocycles. The Morgan fingerprint density at radius 3 is 2.32 bits per heavy atom. The molecule has 1 heterocycles. The maximum absolute atomic E-state index is 12.5. The predicted octanol–water partition coefficient (Wildman–Crippen LogP) is 0.0802. The fourth-order valence-corrected chi connectivity index (χ4v) is 3.58. The van der Waals surface area contributed by atoms with E-state index >= 15 is 0 Å². The number of hydrogen-bond donors (Lipinski definition) is 4. The number of nitrogens with one attached hydrogen (secondary N) is 2. The summed E-state index contributed by atoms with van der Waals surface area (Å²) in [6.45, 7) is -0.0182. The minimum atomic E-state index is -1.22. The van der Waals surface area contributed by atoms with Gasteiger partial charge in [-0.1, -0.05) is 12.1 Å². The van der Waals surface area contributed by atoms with E-state index in [0.29, 0.717) is 21.4 Å². The van der Waals surface area contributed by atoms with Gasteiger partial charge in [0.15, 0.2) is 19.2 Å². The zero-order valence-electron chi connectivity index (χ0n) is 20.7. The van der Waals surface area contributed by atoms with Crippen LogP contribution in [0.1, 0.15) is 17.2 Å². The van der Waals surface area contributed by atoms with Crippen molar-refractivity contribution in [2.45, 2.75) is 12.1 Å². The summed E-state index contributed by atoms with van der Waals surface area (Å²) in [4.78, 5) is 49.4. The van der Waals surface area contributed by atoms with Crippen LogP contribution >= 0.6 is 0 Å². The van der Waals surface area contributed by atoms with E-state index in [1.807, 2.05) is 21.1 Å². The number of β-lactam (4-membered cyclic amide) rings is 1. The minimum absolute atomic E-state index is 0.0183. The Balaban J connectivity index is 1.44. The number of carboxylic acids is 1. The number of hydrazone groups is 1. The second-order valence-electron chi connectivity index (χ2n) is 9.54. The van der Waals surface area contributed by atoms with E-state index in [1.165, 1.54) is 30.5 Å². The summed E-state index contributed by atoms with van der Waals surface area (Å²) in [6.07, 6.45) is 1.49. The largest absolute Gasteiger partial charge is 0.508 e. The first kappa shape index (κ1) is 27.1. The molecule has 3 amide bonds. The molecule has 0 aromatic heterocycles. The highest BCUT2D eigenvalue weighted by Crippen LogP contribution is 2.28. The average Bonchev–Trinajstić information content (AvgIpc) is 2.82. The van der Waals surface area contributed by atoms with Crippen LogP contribution in [0, 0.1) is 0 Å². The lowest BCUT2D eigenvalue weighted by Crippen LogP contribution is -2.65. The molecule has 0 spiro atoms. The van der Waals surface area contributed by atoms with Crippen molar-refractivity contribution >= 4 is 29.9 Å². The normalized spacial score (nSPS) is 16.1. The lowest BCUT2D eigenvalue weighted by Gasteiger charge is -2.42. The lowest BCUT2D eigenvalue weighted by atomic mass is 9.98. The summed E-state index contributed by atoms with van der Waals surface area (Å²) in [6, 6.07) is 10.2. The summed E-state index contributed by atoms with van der Waals surface area (Å²) in [7, 11) is 5.69. The highest BCUT2D eigenvalue weighted by Gasteiger charge is 2.44. The molecule has 1 fully saturated rings. The minimum Gasteiger partial charge on any atom is -0.508 e. The van der Waals surface area contributed by atoms with Crippen LogP contribution in [-0.4, -0.2) is 96.4 Å². The molecule has 37 heavy (non-hydrogen) atoms. The smallest absolute Gasteiger partial charge is 0.331 e. The van der Waals surface area contributed by atoms with Gasteiger partial charge in [-0.25, -0.2) is 10.2 Å². The van der Waals surface area contributed by atoms with Gasteiger partial charge in [-0.15, -0.1) is 0 Å². The molecule has 2 atom stereocenters. The maximum atomic E-state index is 12.5. The van der Waals surface area contributed by atoms with Crippen LogP contribution in [0.4, 0.5) is 0 Å². The summed E-state index contributed by atoms with van der Waals surface area (Å²) < 4.78 is 5.93. The number of phenolic OH excluding ortho intramolecular Hbond substituents is 1. The molecule has 196 valence electrons. The monoisotopic (exact) mass is 512 g/mol. The van der Waals surface area contributed by atoms with Crippen molar-refractivity contribution in [3.05, 3.63) is 59.7 Å². The number of hydrogen-bond acceptors (Lipinski definition) is 7. The van der Waals surface area contributed by atoms with Crippen molar-refractivity contribution in [2.75, 3.05) is 40.8 Å². The number of nitrogens with zero attached hydrogens (tertiary/aromatic N) is 3. The zero-order valence-corrected chi connectivity index (χ0v) is 20.7. The lowest BCUT2D eigenvalue weighted by molar-refractivity contribution is -0.862. The Kier molecular flexibility index (Phi) is 8.45. The number of aromatic hydroxyl groups is 1. The second kappa shape index (κ2) is 11.5. The van der Waals surface area contributed by atoms with Gasteiger partial charge in [0.05, 0.1) is 33.9 Å². The van der Waals surface area contributed by atoms with E-state index in [1.54, 1.807) is 24.3 Å². The first-order chi connectivity index (χ1) is 17.4. The first-order valence-electron chi connectivity index (χ1n) is 11.4.